The van der Waals surface area contributed by atoms with Gasteiger partial charge in [0, 0.05) is 0 Å². The zero-order valence-electron chi connectivity index (χ0n) is 34.2. The SMILES string of the molecule is C[C@@H]1O[C@@H]2COP([O-])(=S)OC3[C@@H](COP(=O)([S-])OC1[C@H]2O)O[C@@H](CC(C)(C)C)[C@H]3O.C[C@@H]1O[C@@H]2COP([O-])(=S)OC3[C@H](CC(C)(C)C)O[C@H](COP([O-])(=S)OC2[C@@H]1O)[C@@H]3O. The number of aliphatic hydroxyl groups is 4. The minimum Gasteiger partial charge on any atom is -0.780 e. The van der Waals surface area contributed by atoms with Crippen LogP contribution in [0.5, 0.6) is 0 Å². The van der Waals surface area contributed by atoms with Crippen molar-refractivity contribution >= 4 is 74.6 Å². The normalized spacial score (nSPS) is 50.9. The molecule has 0 amide bonds. The first-order chi connectivity index (χ1) is 27.3. The summed E-state index contributed by atoms with van der Waals surface area (Å²) in [7, 11) is 0. The molecule has 0 aromatic rings. The minimum absolute atomic E-state index is 0.180. The van der Waals surface area contributed by atoms with Crippen molar-refractivity contribution in [2.45, 2.75) is 166 Å². The molecule has 0 saturated carbocycles. The van der Waals surface area contributed by atoms with Crippen molar-refractivity contribution in [3.63, 3.8) is 0 Å². The second-order valence-electron chi connectivity index (χ2n) is 17.9. The Labute approximate surface area is 370 Å². The van der Waals surface area contributed by atoms with E-state index in [0.717, 1.165) is 0 Å². The molecule has 28 heteroatoms. The summed E-state index contributed by atoms with van der Waals surface area (Å²) in [6, 6.07) is 0. The largest absolute Gasteiger partial charge is 0.780 e. The lowest BCUT2D eigenvalue weighted by molar-refractivity contribution is -0.221. The lowest BCUT2D eigenvalue weighted by atomic mass is 9.87. The molecule has 0 radical (unpaired) electrons. The zero-order chi connectivity index (χ0) is 45.0. The van der Waals surface area contributed by atoms with E-state index in [1.54, 1.807) is 13.8 Å². The summed E-state index contributed by atoms with van der Waals surface area (Å²) < 4.78 is 78.3. The van der Waals surface area contributed by atoms with Gasteiger partial charge >= 0.3 is 0 Å². The monoisotopic (exact) mass is 1010 g/mol. The molecule has 0 aromatic heterocycles. The molecule has 6 heterocycles. The predicted molar refractivity (Wildman–Crippen MR) is 219 cm³/mol. The fraction of sp³-hybridized carbons (Fsp3) is 1.00. The van der Waals surface area contributed by atoms with E-state index >= 15 is 0 Å². The number of ether oxygens (including phenoxy) is 4. The number of aliphatic hydroxyl groups excluding tert-OH is 4. The highest BCUT2D eigenvalue weighted by Crippen LogP contribution is 2.53. The lowest BCUT2D eigenvalue weighted by Gasteiger charge is -2.36. The molecule has 20 nitrogen and oxygen atoms in total. The molecular formula is C32H56O20P4S4-4. The molecule has 6 aliphatic rings. The van der Waals surface area contributed by atoms with Crippen LogP contribution in [0.25, 0.3) is 0 Å². The Morgan fingerprint density at radius 2 is 0.917 bits per heavy atom. The zero-order valence-corrected chi connectivity index (χ0v) is 41.1. The maximum absolute atomic E-state index is 12.8. The van der Waals surface area contributed by atoms with Gasteiger partial charge in [0.15, 0.2) is 6.80 Å². The van der Waals surface area contributed by atoms with Crippen LogP contribution in [-0.4, -0.2) is 145 Å². The Morgan fingerprint density at radius 3 is 1.45 bits per heavy atom. The molecule has 0 aromatic carbocycles. The van der Waals surface area contributed by atoms with Crippen LogP contribution in [-0.2, 0) is 107 Å². The van der Waals surface area contributed by atoms with E-state index in [4.69, 9.17) is 103 Å². The van der Waals surface area contributed by atoms with Crippen molar-refractivity contribution in [2.75, 3.05) is 26.4 Å². The van der Waals surface area contributed by atoms with E-state index in [9.17, 15) is 39.7 Å². The van der Waals surface area contributed by atoms with Crippen LogP contribution in [0.4, 0.5) is 0 Å². The fourth-order valence-corrected chi connectivity index (χ4v) is 13.2. The van der Waals surface area contributed by atoms with E-state index < -0.39 is 125 Å². The molecule has 6 saturated heterocycles. The van der Waals surface area contributed by atoms with Gasteiger partial charge in [-0.15, -0.1) is 0 Å². The van der Waals surface area contributed by atoms with Crippen LogP contribution in [0.3, 0.4) is 0 Å². The van der Waals surface area contributed by atoms with Gasteiger partial charge in [-0.3, -0.25) is 4.57 Å². The molecule has 0 aliphatic carbocycles. The Kier molecular flexibility index (Phi) is 17.7. The molecule has 4 bridgehead atoms. The van der Waals surface area contributed by atoms with Crippen molar-refractivity contribution in [3.8, 4) is 0 Å². The fourth-order valence-electron chi connectivity index (χ4n) is 7.47. The molecule has 6 fully saturated rings. The van der Waals surface area contributed by atoms with Gasteiger partial charge < -0.3 is 102 Å². The smallest absolute Gasteiger partial charge is 0.200 e. The van der Waals surface area contributed by atoms with Crippen molar-refractivity contribution in [3.05, 3.63) is 0 Å². The standard InChI is InChI=1S/2C16H30O10P2S2/c1-8-14-13(18)10(23-8)6-21-28(20,30)26-15-11(7-22-27(19,29)25-14)24-9(12(15)17)5-16(2,3)4;1-8-12(17)15-11(23-8)7-22-28(20,30)25-14-9(5-16(2,3)4)24-10(13(14)18)6-21-27(19,29)26-15/h2*8-15,17-18H,5-7H2,1-4H3,(H,19,29)(H,20,30)/p-4/t2*8-,9-,10+,11+,12+,13-,14?,15?,27?,28?/m00/s1. The van der Waals surface area contributed by atoms with Gasteiger partial charge in [0.2, 0.25) is 0 Å². The third kappa shape index (κ3) is 14.4. The summed E-state index contributed by atoms with van der Waals surface area (Å²) in [6.45, 7) is -2.67. The lowest BCUT2D eigenvalue weighted by Crippen LogP contribution is -2.38. The van der Waals surface area contributed by atoms with Gasteiger partial charge in [-0.1, -0.05) is 77.0 Å². The molecular weight excluding hydrogens is 956 g/mol. The minimum atomic E-state index is -4.09. The van der Waals surface area contributed by atoms with Crippen molar-refractivity contribution in [1.82, 2.24) is 0 Å². The summed E-state index contributed by atoms with van der Waals surface area (Å²) in [5.74, 6) is 0. The molecule has 8 unspecified atom stereocenters. The van der Waals surface area contributed by atoms with Crippen molar-refractivity contribution in [1.29, 1.82) is 0 Å². The Hall–Kier alpha value is 1.77. The van der Waals surface area contributed by atoms with Gasteiger partial charge in [0.25, 0.3) is 0 Å². The first kappa shape index (κ1) is 52.7. The highest BCUT2D eigenvalue weighted by Gasteiger charge is 2.51. The van der Waals surface area contributed by atoms with Crippen LogP contribution in [0.15, 0.2) is 0 Å². The first-order valence-electron chi connectivity index (χ1n) is 19.2. The topological polar surface area (TPSA) is 278 Å². The first-order valence-corrected chi connectivity index (χ1v) is 29.5. The van der Waals surface area contributed by atoms with E-state index in [1.165, 1.54) is 0 Å². The van der Waals surface area contributed by atoms with E-state index in [0.29, 0.717) is 12.8 Å². The van der Waals surface area contributed by atoms with Crippen LogP contribution in [0.2, 0.25) is 0 Å². The third-order valence-electron chi connectivity index (χ3n) is 10.2. The molecule has 6 rings (SSSR count). The van der Waals surface area contributed by atoms with E-state index in [-0.39, 0.29) is 37.3 Å². The number of hydrogen-bond acceptors (Lipinski definition) is 24. The molecule has 6 aliphatic heterocycles. The Bertz CT molecular complexity index is 1670. The second-order valence-corrected chi connectivity index (χ2v) is 28.7. The third-order valence-corrected chi connectivity index (χ3v) is 16.4. The molecule has 0 spiro atoms. The van der Waals surface area contributed by atoms with Gasteiger partial charge in [-0.2, -0.15) is 0 Å². The van der Waals surface area contributed by atoms with Crippen molar-refractivity contribution < 1.29 is 94.8 Å². The summed E-state index contributed by atoms with van der Waals surface area (Å²) in [5.41, 5.74) is -0.382. The average Bonchev–Trinajstić information content (AvgIpc) is 3.73. The van der Waals surface area contributed by atoms with Crippen LogP contribution < -0.4 is 14.7 Å². The second kappa shape index (κ2) is 20.2. The molecule has 352 valence electrons. The summed E-state index contributed by atoms with van der Waals surface area (Å²) in [4.78, 5) is 38.3. The number of fused-ring (bicyclic) bond motifs is 6. The van der Waals surface area contributed by atoms with Crippen LogP contribution in [0.1, 0.15) is 68.2 Å². The Morgan fingerprint density at radius 1 is 0.533 bits per heavy atom. The molecule has 20 atom stereocenters. The summed E-state index contributed by atoms with van der Waals surface area (Å²) in [6.07, 6.45) is -14.8. The van der Waals surface area contributed by atoms with Crippen LogP contribution >= 0.6 is 27.0 Å². The van der Waals surface area contributed by atoms with Gasteiger partial charge in [-0.25, -0.2) is 0 Å². The maximum Gasteiger partial charge on any atom is 0.200 e. The van der Waals surface area contributed by atoms with E-state index in [2.05, 4.69) is 0 Å². The Balaban J connectivity index is 0.000000228. The summed E-state index contributed by atoms with van der Waals surface area (Å²) in [5, 5.41) is 42.1. The molecule has 4 N–H and O–H groups in total. The number of hydrogen-bond donors (Lipinski definition) is 4. The number of rotatable bonds is 2. The molecule has 60 heavy (non-hydrogen) atoms. The quantitative estimate of drug-likeness (QED) is 0.216. The maximum atomic E-state index is 12.8. The highest BCUT2D eigenvalue weighted by molar-refractivity contribution is 8.32. The van der Waals surface area contributed by atoms with E-state index in [1.807, 2.05) is 41.5 Å². The predicted octanol–water partition coefficient (Wildman–Crippen LogP) is 0.442. The van der Waals surface area contributed by atoms with Crippen LogP contribution in [0, 0.1) is 10.8 Å². The van der Waals surface area contributed by atoms with Gasteiger partial charge in [0.1, 0.15) is 93.4 Å². The van der Waals surface area contributed by atoms with Gasteiger partial charge in [-0.05, 0) is 37.5 Å². The van der Waals surface area contributed by atoms with Crippen molar-refractivity contribution in [2.24, 2.45) is 10.8 Å². The highest BCUT2D eigenvalue weighted by atomic mass is 32.7. The summed E-state index contributed by atoms with van der Waals surface area (Å²) >= 11 is 19.9. The average molecular weight is 1010 g/mol. The van der Waals surface area contributed by atoms with Gasteiger partial charge in [0.05, 0.1) is 50.8 Å².